The maximum Gasteiger partial charge on any atom is 0.469 e. The molecular weight excluding hydrogens is 591 g/mol. The lowest BCUT2D eigenvalue weighted by molar-refractivity contribution is -0.161. The molecule has 8 nitrogen and oxygen atoms in total. The average Bonchev–Trinajstić information content (AvgIpc) is 3.00. The number of carbonyl (C=O) groups excluding carboxylic acids is 2. The SMILES string of the molecule is CCCCCCCCCCCCCCCCCCCC(=O)O[C@H](COC(=O)CCCCCCCCCCCC)COP(=O)(O)O. The number of phosphoric ester groups is 1. The van der Waals surface area contributed by atoms with Gasteiger partial charge >= 0.3 is 19.8 Å². The minimum Gasteiger partial charge on any atom is -0.462 e. The van der Waals surface area contributed by atoms with E-state index >= 15 is 0 Å². The van der Waals surface area contributed by atoms with Crippen LogP contribution in [0.2, 0.25) is 0 Å². The van der Waals surface area contributed by atoms with E-state index in [1.54, 1.807) is 0 Å². The van der Waals surface area contributed by atoms with Crippen molar-refractivity contribution in [3.8, 4) is 0 Å². The molecule has 0 aliphatic heterocycles. The van der Waals surface area contributed by atoms with Gasteiger partial charge in [0.05, 0.1) is 6.61 Å². The molecular formula is C36H71O8P. The first-order valence-corrected chi connectivity index (χ1v) is 20.4. The van der Waals surface area contributed by atoms with E-state index in [2.05, 4.69) is 18.4 Å². The van der Waals surface area contributed by atoms with E-state index in [4.69, 9.17) is 19.3 Å². The summed E-state index contributed by atoms with van der Waals surface area (Å²) in [5, 5.41) is 0. The number of esters is 2. The molecule has 268 valence electrons. The molecule has 9 heteroatoms. The Labute approximate surface area is 276 Å². The second-order valence-electron chi connectivity index (χ2n) is 12.9. The fourth-order valence-corrected chi connectivity index (χ4v) is 5.91. The summed E-state index contributed by atoms with van der Waals surface area (Å²) in [4.78, 5) is 42.6. The van der Waals surface area contributed by atoms with Crippen LogP contribution in [0.25, 0.3) is 0 Å². The maximum atomic E-state index is 12.3. The highest BCUT2D eigenvalue weighted by Gasteiger charge is 2.22. The quantitative estimate of drug-likeness (QED) is 0.0391. The predicted octanol–water partition coefficient (Wildman–Crippen LogP) is 10.9. The van der Waals surface area contributed by atoms with Gasteiger partial charge in [-0.05, 0) is 12.8 Å². The van der Waals surface area contributed by atoms with Crippen LogP contribution in [-0.2, 0) is 28.2 Å². The van der Waals surface area contributed by atoms with Crippen LogP contribution in [0.15, 0.2) is 0 Å². The Morgan fingerprint density at radius 3 is 1.13 bits per heavy atom. The van der Waals surface area contributed by atoms with Gasteiger partial charge in [0.1, 0.15) is 6.61 Å². The summed E-state index contributed by atoms with van der Waals surface area (Å²) >= 11 is 0. The predicted molar refractivity (Wildman–Crippen MR) is 184 cm³/mol. The summed E-state index contributed by atoms with van der Waals surface area (Å²) in [5.41, 5.74) is 0. The van der Waals surface area contributed by atoms with Crippen molar-refractivity contribution in [1.82, 2.24) is 0 Å². The molecule has 0 aliphatic rings. The van der Waals surface area contributed by atoms with Gasteiger partial charge < -0.3 is 19.3 Å². The molecule has 0 heterocycles. The molecule has 0 aromatic heterocycles. The molecule has 0 aromatic rings. The highest BCUT2D eigenvalue weighted by molar-refractivity contribution is 7.46. The fraction of sp³-hybridized carbons (Fsp3) is 0.944. The Morgan fingerprint density at radius 2 is 0.800 bits per heavy atom. The number of unbranched alkanes of at least 4 members (excludes halogenated alkanes) is 25. The third kappa shape index (κ3) is 35.7. The van der Waals surface area contributed by atoms with Gasteiger partial charge in [0.25, 0.3) is 0 Å². The third-order valence-corrected chi connectivity index (χ3v) is 8.86. The first-order valence-electron chi connectivity index (χ1n) is 18.8. The first-order chi connectivity index (χ1) is 21.8. The molecule has 2 N–H and O–H groups in total. The number of phosphoric acid groups is 1. The van der Waals surface area contributed by atoms with Gasteiger partial charge in [-0.15, -0.1) is 0 Å². The summed E-state index contributed by atoms with van der Waals surface area (Å²) in [5.74, 6) is -0.874. The molecule has 0 saturated carbocycles. The minimum atomic E-state index is -4.74. The van der Waals surface area contributed by atoms with E-state index in [0.717, 1.165) is 32.1 Å². The van der Waals surface area contributed by atoms with Crippen molar-refractivity contribution in [1.29, 1.82) is 0 Å². The van der Waals surface area contributed by atoms with Crippen molar-refractivity contribution in [2.24, 2.45) is 0 Å². The molecule has 45 heavy (non-hydrogen) atoms. The van der Waals surface area contributed by atoms with Crippen LogP contribution < -0.4 is 0 Å². The Bertz CT molecular complexity index is 711. The Kier molecular flexibility index (Phi) is 32.3. The van der Waals surface area contributed by atoms with E-state index in [1.807, 2.05) is 0 Å². The average molecular weight is 663 g/mol. The molecule has 0 bridgehead atoms. The lowest BCUT2D eigenvalue weighted by Crippen LogP contribution is -2.29. The van der Waals surface area contributed by atoms with Crippen molar-refractivity contribution in [2.45, 2.75) is 206 Å². The molecule has 0 radical (unpaired) electrons. The monoisotopic (exact) mass is 662 g/mol. The number of hydrogen-bond acceptors (Lipinski definition) is 6. The number of hydrogen-bond donors (Lipinski definition) is 2. The zero-order valence-corrected chi connectivity index (χ0v) is 30.2. The van der Waals surface area contributed by atoms with E-state index < -0.39 is 32.5 Å². The highest BCUT2D eigenvalue weighted by Crippen LogP contribution is 2.36. The first kappa shape index (κ1) is 44.0. The van der Waals surface area contributed by atoms with Gasteiger partial charge in [-0.2, -0.15) is 0 Å². The van der Waals surface area contributed by atoms with Crippen LogP contribution in [0.1, 0.15) is 200 Å². The molecule has 0 saturated heterocycles. The summed E-state index contributed by atoms with van der Waals surface area (Å²) < 4.78 is 26.3. The van der Waals surface area contributed by atoms with E-state index in [1.165, 1.54) is 135 Å². The van der Waals surface area contributed by atoms with Crippen molar-refractivity contribution < 1.29 is 37.9 Å². The normalized spacial score (nSPS) is 12.4. The van der Waals surface area contributed by atoms with E-state index in [9.17, 15) is 14.2 Å². The fourth-order valence-electron chi connectivity index (χ4n) is 5.55. The van der Waals surface area contributed by atoms with Gasteiger partial charge in [-0.3, -0.25) is 14.1 Å². The van der Waals surface area contributed by atoms with Gasteiger partial charge in [0.15, 0.2) is 6.10 Å². The zero-order chi connectivity index (χ0) is 33.3. The Hall–Kier alpha value is -0.950. The third-order valence-electron chi connectivity index (χ3n) is 8.38. The zero-order valence-electron chi connectivity index (χ0n) is 29.3. The number of rotatable bonds is 35. The van der Waals surface area contributed by atoms with Crippen molar-refractivity contribution >= 4 is 19.8 Å². The molecule has 0 rings (SSSR count). The van der Waals surface area contributed by atoms with Crippen LogP contribution in [0.4, 0.5) is 0 Å². The highest BCUT2D eigenvalue weighted by atomic mass is 31.2. The smallest absolute Gasteiger partial charge is 0.462 e. The Morgan fingerprint density at radius 1 is 0.489 bits per heavy atom. The second-order valence-corrected chi connectivity index (χ2v) is 14.2. The second kappa shape index (κ2) is 33.0. The van der Waals surface area contributed by atoms with E-state index in [-0.39, 0.29) is 19.4 Å². The maximum absolute atomic E-state index is 12.3. The summed E-state index contributed by atoms with van der Waals surface area (Å²) in [6, 6.07) is 0. The summed E-state index contributed by atoms with van der Waals surface area (Å²) in [6.45, 7) is 3.68. The van der Waals surface area contributed by atoms with Gasteiger partial charge in [0, 0.05) is 12.8 Å². The molecule has 0 spiro atoms. The lowest BCUT2D eigenvalue weighted by Gasteiger charge is -2.18. The standard InChI is InChI=1S/C36H71O8P/c1-3-5-7-9-11-13-15-16-17-18-19-20-21-23-25-27-29-31-36(38)44-34(33-43-45(39,40)41)32-42-35(37)30-28-26-24-22-14-12-10-8-6-4-2/h34H,3-33H2,1-2H3,(H2,39,40,41)/t34-/m1/s1. The Balaban J connectivity index is 3.89. The summed E-state index contributed by atoms with van der Waals surface area (Å²) in [7, 11) is -4.74. The van der Waals surface area contributed by atoms with Crippen LogP contribution in [0.3, 0.4) is 0 Å². The molecule has 1 atom stereocenters. The van der Waals surface area contributed by atoms with Crippen LogP contribution in [-0.4, -0.2) is 41.0 Å². The molecule has 0 unspecified atom stereocenters. The van der Waals surface area contributed by atoms with Gasteiger partial charge in [0.2, 0.25) is 0 Å². The molecule has 0 amide bonds. The van der Waals surface area contributed by atoms with Crippen LogP contribution in [0, 0.1) is 0 Å². The summed E-state index contributed by atoms with van der Waals surface area (Å²) in [6.07, 6.45) is 32.6. The van der Waals surface area contributed by atoms with Crippen LogP contribution in [0.5, 0.6) is 0 Å². The van der Waals surface area contributed by atoms with Crippen molar-refractivity contribution in [3.63, 3.8) is 0 Å². The van der Waals surface area contributed by atoms with Gasteiger partial charge in [-0.1, -0.05) is 174 Å². The largest absolute Gasteiger partial charge is 0.469 e. The van der Waals surface area contributed by atoms with E-state index in [0.29, 0.717) is 6.42 Å². The number of carbonyl (C=O) groups is 2. The molecule has 0 aliphatic carbocycles. The number of ether oxygens (including phenoxy) is 2. The molecule has 0 fully saturated rings. The molecule has 0 aromatic carbocycles. The van der Waals surface area contributed by atoms with Crippen molar-refractivity contribution in [3.05, 3.63) is 0 Å². The van der Waals surface area contributed by atoms with Crippen molar-refractivity contribution in [2.75, 3.05) is 13.2 Å². The lowest BCUT2D eigenvalue weighted by atomic mass is 10.0. The van der Waals surface area contributed by atoms with Gasteiger partial charge in [-0.25, -0.2) is 4.57 Å². The topological polar surface area (TPSA) is 119 Å². The van der Waals surface area contributed by atoms with Crippen LogP contribution >= 0.6 is 7.82 Å². The minimum absolute atomic E-state index is 0.220.